The summed E-state index contributed by atoms with van der Waals surface area (Å²) in [5, 5.41) is 2.09. The summed E-state index contributed by atoms with van der Waals surface area (Å²) in [6.07, 6.45) is 0.986. The third-order valence-corrected chi connectivity index (χ3v) is 7.65. The van der Waals surface area contributed by atoms with Crippen LogP contribution in [0.5, 0.6) is 0 Å². The van der Waals surface area contributed by atoms with E-state index in [0.29, 0.717) is 18.0 Å². The molecule has 0 amide bonds. The van der Waals surface area contributed by atoms with Gasteiger partial charge in [-0.1, -0.05) is 51.1 Å². The van der Waals surface area contributed by atoms with Gasteiger partial charge in [0.25, 0.3) is 0 Å². The second-order valence-corrected chi connectivity index (χ2v) is 9.39. The second kappa shape index (κ2) is 9.52. The van der Waals surface area contributed by atoms with Gasteiger partial charge in [0.1, 0.15) is 0 Å². The first kappa shape index (κ1) is 21.5. The Labute approximate surface area is 177 Å². The number of hydrogen-bond donors (Lipinski definition) is 0. The van der Waals surface area contributed by atoms with Crippen molar-refractivity contribution in [2.24, 2.45) is 4.99 Å². The highest BCUT2D eigenvalue weighted by Crippen LogP contribution is 2.24. The van der Waals surface area contributed by atoms with E-state index in [4.69, 9.17) is 4.99 Å². The van der Waals surface area contributed by atoms with E-state index < -0.39 is 10.0 Å². The summed E-state index contributed by atoms with van der Waals surface area (Å²) < 4.78 is 29.1. The average Bonchev–Trinajstić information content (AvgIpc) is 3.12. The van der Waals surface area contributed by atoms with Crippen molar-refractivity contribution in [2.45, 2.75) is 38.6 Å². The molecule has 0 fully saturated rings. The van der Waals surface area contributed by atoms with Crippen LogP contribution >= 0.6 is 11.3 Å². The largest absolute Gasteiger partial charge is 0.316 e. The Hall–Kier alpha value is -2.22. The molecule has 1 aromatic heterocycles. The molecular weight excluding hydrogens is 402 g/mol. The zero-order chi connectivity index (χ0) is 20.9. The van der Waals surface area contributed by atoms with Crippen LogP contribution in [0, 0.1) is 0 Å². The molecule has 0 aliphatic carbocycles. The number of rotatable bonds is 8. The molecule has 2 aromatic carbocycles. The summed E-state index contributed by atoms with van der Waals surface area (Å²) in [6, 6.07) is 17.1. The number of sulfonamides is 1. The molecule has 0 aliphatic heterocycles. The molecule has 0 unspecified atom stereocenters. The standard InChI is InChI=1S/C22H27N3O2S2/c1-4-16-25-21(17-28-22(25)23-19-10-8-7-9-11-19)18-12-14-20(15-13-18)29(26,27)24(5-2)6-3/h7-15,17H,4-6,16H2,1-3H3. The third kappa shape index (κ3) is 4.69. The lowest BCUT2D eigenvalue weighted by Crippen LogP contribution is -2.30. The molecular formula is C22H27N3O2S2. The Bertz CT molecular complexity index is 1090. The van der Waals surface area contributed by atoms with Crippen molar-refractivity contribution in [1.29, 1.82) is 0 Å². The van der Waals surface area contributed by atoms with E-state index >= 15 is 0 Å². The van der Waals surface area contributed by atoms with Crippen LogP contribution in [0.2, 0.25) is 0 Å². The van der Waals surface area contributed by atoms with Gasteiger partial charge in [-0.3, -0.25) is 0 Å². The minimum absolute atomic E-state index is 0.330. The average molecular weight is 430 g/mol. The zero-order valence-electron chi connectivity index (χ0n) is 17.1. The van der Waals surface area contributed by atoms with E-state index in [2.05, 4.69) is 16.9 Å². The van der Waals surface area contributed by atoms with E-state index in [1.165, 1.54) is 4.31 Å². The van der Waals surface area contributed by atoms with Gasteiger partial charge in [-0.25, -0.2) is 13.4 Å². The van der Waals surface area contributed by atoms with Crippen molar-refractivity contribution in [3.05, 3.63) is 64.8 Å². The molecule has 0 saturated carbocycles. The maximum atomic E-state index is 12.7. The zero-order valence-corrected chi connectivity index (χ0v) is 18.7. The lowest BCUT2D eigenvalue weighted by Gasteiger charge is -2.18. The first-order valence-electron chi connectivity index (χ1n) is 9.90. The molecule has 7 heteroatoms. The summed E-state index contributed by atoms with van der Waals surface area (Å²) in [4.78, 5) is 6.05. The predicted octanol–water partition coefficient (Wildman–Crippen LogP) is 4.89. The highest BCUT2D eigenvalue weighted by molar-refractivity contribution is 7.89. The number of aromatic nitrogens is 1. The van der Waals surface area contributed by atoms with Crippen molar-refractivity contribution >= 4 is 27.0 Å². The summed E-state index contributed by atoms with van der Waals surface area (Å²) >= 11 is 1.60. The van der Waals surface area contributed by atoms with Gasteiger partial charge in [0.2, 0.25) is 10.0 Å². The molecule has 5 nitrogen and oxygen atoms in total. The van der Waals surface area contributed by atoms with Gasteiger partial charge in [-0.05, 0) is 36.2 Å². The summed E-state index contributed by atoms with van der Waals surface area (Å²) in [5.41, 5.74) is 2.97. The van der Waals surface area contributed by atoms with Crippen molar-refractivity contribution < 1.29 is 8.42 Å². The second-order valence-electron chi connectivity index (χ2n) is 6.62. The van der Waals surface area contributed by atoms with Gasteiger partial charge >= 0.3 is 0 Å². The summed E-state index contributed by atoms with van der Waals surface area (Å²) in [5.74, 6) is 0. The van der Waals surface area contributed by atoms with Crippen LogP contribution in [0.4, 0.5) is 5.69 Å². The number of para-hydroxylation sites is 1. The van der Waals surface area contributed by atoms with Crippen LogP contribution in [0.15, 0.2) is 69.9 Å². The molecule has 3 rings (SSSR count). The molecule has 154 valence electrons. The minimum Gasteiger partial charge on any atom is -0.316 e. The Morgan fingerprint density at radius 1 is 0.966 bits per heavy atom. The fraction of sp³-hybridized carbons (Fsp3) is 0.318. The van der Waals surface area contributed by atoms with Crippen molar-refractivity contribution in [3.8, 4) is 11.3 Å². The molecule has 0 bridgehead atoms. The first-order chi connectivity index (χ1) is 14.0. The minimum atomic E-state index is -3.45. The van der Waals surface area contributed by atoms with Crippen LogP contribution in [0.25, 0.3) is 11.3 Å². The molecule has 1 heterocycles. The first-order valence-corrected chi connectivity index (χ1v) is 12.2. The van der Waals surface area contributed by atoms with E-state index in [9.17, 15) is 8.42 Å². The van der Waals surface area contributed by atoms with Gasteiger partial charge in [0.05, 0.1) is 16.3 Å². The molecule has 0 radical (unpaired) electrons. The van der Waals surface area contributed by atoms with Crippen molar-refractivity contribution in [1.82, 2.24) is 8.87 Å². The Balaban J connectivity index is 2.00. The van der Waals surface area contributed by atoms with Crippen molar-refractivity contribution in [2.75, 3.05) is 13.1 Å². The van der Waals surface area contributed by atoms with E-state index in [-0.39, 0.29) is 0 Å². The number of nitrogens with zero attached hydrogens (tertiary/aromatic N) is 3. The third-order valence-electron chi connectivity index (χ3n) is 4.72. The highest BCUT2D eigenvalue weighted by Gasteiger charge is 2.21. The molecule has 3 aromatic rings. The number of thiazole rings is 1. The lowest BCUT2D eigenvalue weighted by molar-refractivity contribution is 0.445. The quantitative estimate of drug-likeness (QED) is 0.512. The van der Waals surface area contributed by atoms with Crippen molar-refractivity contribution in [3.63, 3.8) is 0 Å². The Morgan fingerprint density at radius 3 is 2.21 bits per heavy atom. The van der Waals surface area contributed by atoms with Crippen LogP contribution in [-0.4, -0.2) is 30.4 Å². The fourth-order valence-electron chi connectivity index (χ4n) is 3.21. The van der Waals surface area contributed by atoms with Gasteiger partial charge in [0, 0.05) is 25.0 Å². The normalized spacial score (nSPS) is 12.6. The van der Waals surface area contributed by atoms with Gasteiger partial charge in [-0.15, -0.1) is 11.3 Å². The van der Waals surface area contributed by atoms with E-state index in [1.54, 1.807) is 23.5 Å². The molecule has 0 atom stereocenters. The van der Waals surface area contributed by atoms with Crippen LogP contribution in [-0.2, 0) is 16.6 Å². The molecule has 0 saturated heterocycles. The number of benzene rings is 2. The Morgan fingerprint density at radius 2 is 1.62 bits per heavy atom. The summed E-state index contributed by atoms with van der Waals surface area (Å²) in [7, 11) is -3.45. The predicted molar refractivity (Wildman–Crippen MR) is 120 cm³/mol. The van der Waals surface area contributed by atoms with Gasteiger partial charge in [0.15, 0.2) is 4.80 Å². The smallest absolute Gasteiger partial charge is 0.243 e. The van der Waals surface area contributed by atoms with E-state index in [1.807, 2.05) is 56.3 Å². The lowest BCUT2D eigenvalue weighted by atomic mass is 10.2. The van der Waals surface area contributed by atoms with Crippen LogP contribution in [0.1, 0.15) is 27.2 Å². The maximum Gasteiger partial charge on any atom is 0.243 e. The molecule has 0 spiro atoms. The monoisotopic (exact) mass is 429 g/mol. The topological polar surface area (TPSA) is 54.7 Å². The van der Waals surface area contributed by atoms with Gasteiger partial charge in [-0.2, -0.15) is 4.31 Å². The fourth-order valence-corrected chi connectivity index (χ4v) is 5.63. The highest BCUT2D eigenvalue weighted by atomic mass is 32.2. The number of hydrogen-bond acceptors (Lipinski definition) is 4. The SMILES string of the molecule is CCCn1c(-c2ccc(S(=O)(=O)N(CC)CC)cc2)csc1=Nc1ccccc1. The molecule has 0 N–H and O–H groups in total. The molecule has 29 heavy (non-hydrogen) atoms. The van der Waals surface area contributed by atoms with Gasteiger partial charge < -0.3 is 4.57 Å². The van der Waals surface area contributed by atoms with E-state index in [0.717, 1.165) is 34.7 Å². The Kier molecular flexibility index (Phi) is 7.05. The van der Waals surface area contributed by atoms with Crippen LogP contribution in [0.3, 0.4) is 0 Å². The van der Waals surface area contributed by atoms with Crippen LogP contribution < -0.4 is 4.80 Å². The molecule has 0 aliphatic rings. The maximum absolute atomic E-state index is 12.7. The summed E-state index contributed by atoms with van der Waals surface area (Å²) in [6.45, 7) is 7.63.